The van der Waals surface area contributed by atoms with Gasteiger partial charge in [-0.25, -0.2) is 0 Å². The first kappa shape index (κ1) is 18.9. The van der Waals surface area contributed by atoms with E-state index in [1.165, 1.54) is 19.4 Å². The molecule has 0 bridgehead atoms. The van der Waals surface area contributed by atoms with Crippen molar-refractivity contribution in [2.75, 3.05) is 40.9 Å². The average Bonchev–Trinajstić information content (AvgIpc) is 2.11. The lowest BCUT2D eigenvalue weighted by Crippen LogP contribution is -3.00. The van der Waals surface area contributed by atoms with Crippen LogP contribution in [0.25, 0.3) is 0 Å². The van der Waals surface area contributed by atoms with Crippen LogP contribution in [0.1, 0.15) is 26.7 Å². The molecule has 0 saturated carbocycles. The molecule has 0 aliphatic heterocycles. The number of rotatable bonds is 9. The van der Waals surface area contributed by atoms with Gasteiger partial charge in [-0.2, -0.15) is 0 Å². The number of unbranched alkanes of at least 4 members (excludes halogenated alkanes) is 1. The molecule has 0 aromatic heterocycles. The van der Waals surface area contributed by atoms with Crippen molar-refractivity contribution in [1.82, 2.24) is 0 Å². The van der Waals surface area contributed by atoms with E-state index in [1.807, 2.05) is 13.8 Å². The Labute approximate surface area is 113 Å². The maximum atomic E-state index is 5.63. The molecule has 5 heteroatoms. The van der Waals surface area contributed by atoms with Crippen LogP contribution in [0, 0.1) is 0 Å². The molecule has 0 aliphatic carbocycles. The van der Waals surface area contributed by atoms with E-state index in [9.17, 15) is 0 Å². The summed E-state index contributed by atoms with van der Waals surface area (Å²) in [6, 6.07) is 1.15. The zero-order chi connectivity index (χ0) is 11.7. The van der Waals surface area contributed by atoms with E-state index >= 15 is 0 Å². The predicted molar refractivity (Wildman–Crippen MR) is 67.3 cm³/mol. The first-order valence-electron chi connectivity index (χ1n) is 6.03. The minimum Gasteiger partial charge on any atom is -1.00 e. The number of hydrogen-bond donors (Lipinski definition) is 0. The summed E-state index contributed by atoms with van der Waals surface area (Å²) in [6.45, 7) is 6.92. The van der Waals surface area contributed by atoms with E-state index in [2.05, 4.69) is 21.1 Å². The monoisotopic (exact) mass is 313 g/mol. The molecule has 0 amide bonds. The van der Waals surface area contributed by atoms with Gasteiger partial charge in [-0.05, 0) is 32.7 Å². The summed E-state index contributed by atoms with van der Waals surface area (Å²) >= 11 is 0. The van der Waals surface area contributed by atoms with Crippen molar-refractivity contribution in [2.24, 2.45) is 0 Å². The van der Waals surface area contributed by atoms with E-state index in [-0.39, 0.29) is 17.0 Å². The van der Waals surface area contributed by atoms with Crippen molar-refractivity contribution in [3.05, 3.63) is 0 Å². The van der Waals surface area contributed by atoms with E-state index in [4.69, 9.17) is 8.85 Å². The van der Waals surface area contributed by atoms with Crippen molar-refractivity contribution in [3.8, 4) is 0 Å². The van der Waals surface area contributed by atoms with Crippen LogP contribution >= 0.6 is 0 Å². The van der Waals surface area contributed by atoms with E-state index in [1.54, 1.807) is 0 Å². The molecule has 0 heterocycles. The van der Waals surface area contributed by atoms with Gasteiger partial charge in [0.05, 0.1) is 27.7 Å². The highest BCUT2D eigenvalue weighted by molar-refractivity contribution is 6.44. The van der Waals surface area contributed by atoms with Gasteiger partial charge in [-0.1, -0.05) is 0 Å². The van der Waals surface area contributed by atoms with Crippen molar-refractivity contribution in [3.63, 3.8) is 0 Å². The van der Waals surface area contributed by atoms with E-state index in [0.29, 0.717) is 0 Å². The molecule has 0 saturated heterocycles. The fourth-order valence-electron chi connectivity index (χ4n) is 1.48. The fourth-order valence-corrected chi connectivity index (χ4v) is 3.28. The van der Waals surface area contributed by atoms with Crippen molar-refractivity contribution in [2.45, 2.75) is 32.7 Å². The van der Waals surface area contributed by atoms with Crippen LogP contribution in [0.4, 0.5) is 0 Å². The molecule has 0 aliphatic rings. The molecule has 16 heavy (non-hydrogen) atoms. The molecule has 3 nitrogen and oxygen atoms in total. The van der Waals surface area contributed by atoms with Gasteiger partial charge >= 0.3 is 9.28 Å². The van der Waals surface area contributed by atoms with Gasteiger partial charge in [0.25, 0.3) is 0 Å². The Hall–Kier alpha value is 0.577. The van der Waals surface area contributed by atoms with E-state index < -0.39 is 9.28 Å². The highest BCUT2D eigenvalue weighted by Crippen LogP contribution is 2.06. The van der Waals surface area contributed by atoms with Crippen LogP contribution in [-0.2, 0) is 8.85 Å². The SMILES string of the molecule is CCO[SiH](CCCC[N+](C)(C)C)OCC.[Br-]. The summed E-state index contributed by atoms with van der Waals surface area (Å²) in [7, 11) is 5.38. The van der Waals surface area contributed by atoms with Crippen LogP contribution in [0.3, 0.4) is 0 Å². The molecule has 0 unspecified atom stereocenters. The lowest BCUT2D eigenvalue weighted by atomic mass is 10.3. The summed E-state index contributed by atoms with van der Waals surface area (Å²) in [5, 5.41) is 0. The maximum absolute atomic E-state index is 5.63. The summed E-state index contributed by atoms with van der Waals surface area (Å²) in [5.74, 6) is 0. The zero-order valence-electron chi connectivity index (χ0n) is 11.5. The van der Waals surface area contributed by atoms with Gasteiger partial charge < -0.3 is 30.3 Å². The minimum atomic E-state index is -1.33. The third-order valence-corrected chi connectivity index (χ3v) is 4.51. The van der Waals surface area contributed by atoms with Crippen LogP contribution in [-0.4, -0.2) is 54.7 Å². The predicted octanol–water partition coefficient (Wildman–Crippen LogP) is -1.23. The minimum absolute atomic E-state index is 0. The van der Waals surface area contributed by atoms with Crippen molar-refractivity contribution >= 4 is 9.28 Å². The zero-order valence-corrected chi connectivity index (χ0v) is 14.2. The summed E-state index contributed by atoms with van der Waals surface area (Å²) in [4.78, 5) is 0. The quantitative estimate of drug-likeness (QED) is 0.301. The highest BCUT2D eigenvalue weighted by atomic mass is 79.9. The molecule has 0 aromatic carbocycles. The number of quaternary nitrogens is 1. The van der Waals surface area contributed by atoms with Crippen LogP contribution in [0.2, 0.25) is 6.04 Å². The summed E-state index contributed by atoms with van der Waals surface area (Å²) in [5.41, 5.74) is 0. The third kappa shape index (κ3) is 12.6. The van der Waals surface area contributed by atoms with Crippen molar-refractivity contribution < 1.29 is 30.3 Å². The lowest BCUT2D eigenvalue weighted by molar-refractivity contribution is -0.870. The second-order valence-electron chi connectivity index (χ2n) is 4.85. The number of nitrogens with zero attached hydrogens (tertiary/aromatic N) is 1. The Bertz CT molecular complexity index is 147. The normalized spacial score (nSPS) is 11.6. The Kier molecular flexibility index (Phi) is 12.7. The standard InChI is InChI=1S/C11H28NO2Si.BrH/c1-6-13-15(14-7-2)11-9-8-10-12(3,4)5;/h15H,6-11H2,1-5H3;1H/q+1;/p-1. The molecule has 0 radical (unpaired) electrons. The Morgan fingerprint density at radius 2 is 1.44 bits per heavy atom. The molecule has 0 rings (SSSR count). The Morgan fingerprint density at radius 1 is 0.938 bits per heavy atom. The largest absolute Gasteiger partial charge is 1.00 e. The van der Waals surface area contributed by atoms with Gasteiger partial charge in [0, 0.05) is 13.2 Å². The van der Waals surface area contributed by atoms with Crippen molar-refractivity contribution in [1.29, 1.82) is 0 Å². The first-order chi connectivity index (χ1) is 6.99. The second-order valence-corrected chi connectivity index (χ2v) is 6.95. The molecule has 100 valence electrons. The third-order valence-electron chi connectivity index (χ3n) is 2.22. The Morgan fingerprint density at radius 3 is 1.81 bits per heavy atom. The number of hydrogen-bond acceptors (Lipinski definition) is 2. The topological polar surface area (TPSA) is 18.5 Å². The highest BCUT2D eigenvalue weighted by Gasteiger charge is 2.13. The van der Waals surface area contributed by atoms with Crippen LogP contribution in [0.15, 0.2) is 0 Å². The fraction of sp³-hybridized carbons (Fsp3) is 1.00. The second kappa shape index (κ2) is 10.7. The maximum Gasteiger partial charge on any atom is 0.321 e. The molecular weight excluding hydrogens is 286 g/mol. The van der Waals surface area contributed by atoms with Crippen LogP contribution < -0.4 is 17.0 Å². The van der Waals surface area contributed by atoms with Crippen LogP contribution in [0.5, 0.6) is 0 Å². The summed E-state index contributed by atoms with van der Waals surface area (Å²) < 4.78 is 12.3. The average molecular weight is 314 g/mol. The molecular formula is C11H28BrNO2Si. The lowest BCUT2D eigenvalue weighted by Gasteiger charge is -2.24. The molecule has 0 N–H and O–H groups in total. The molecule has 0 fully saturated rings. The summed E-state index contributed by atoms with van der Waals surface area (Å²) in [6.07, 6.45) is 2.51. The Balaban J connectivity index is 0. The van der Waals surface area contributed by atoms with Gasteiger partial charge in [0.2, 0.25) is 0 Å². The van der Waals surface area contributed by atoms with E-state index in [0.717, 1.165) is 23.7 Å². The molecule has 0 spiro atoms. The first-order valence-corrected chi connectivity index (χ1v) is 7.79. The van der Waals surface area contributed by atoms with Gasteiger partial charge in [0.1, 0.15) is 0 Å². The number of halogens is 1. The smallest absolute Gasteiger partial charge is 0.321 e. The molecule has 0 atom stereocenters. The van der Waals surface area contributed by atoms with Gasteiger partial charge in [0.15, 0.2) is 0 Å². The molecule has 0 aromatic rings. The van der Waals surface area contributed by atoms with Gasteiger partial charge in [-0.15, -0.1) is 0 Å². The van der Waals surface area contributed by atoms with Gasteiger partial charge in [-0.3, -0.25) is 0 Å².